The Balaban J connectivity index is 2.97. The zero-order valence-electron chi connectivity index (χ0n) is 8.92. The highest BCUT2D eigenvalue weighted by atomic mass is 16.5. The third-order valence-corrected chi connectivity index (χ3v) is 2.18. The van der Waals surface area contributed by atoms with E-state index >= 15 is 0 Å². The van der Waals surface area contributed by atoms with Crippen molar-refractivity contribution in [2.24, 2.45) is 0 Å². The second-order valence-corrected chi connectivity index (χ2v) is 3.61. The van der Waals surface area contributed by atoms with E-state index < -0.39 is 0 Å². The first kappa shape index (κ1) is 10.1. The molecular formula is C12H18O. The normalized spacial score (nSPS) is 10.5. The summed E-state index contributed by atoms with van der Waals surface area (Å²) >= 11 is 0. The summed E-state index contributed by atoms with van der Waals surface area (Å²) < 4.78 is 5.53. The van der Waals surface area contributed by atoms with Crippen LogP contribution >= 0.6 is 0 Å². The van der Waals surface area contributed by atoms with Crippen molar-refractivity contribution in [1.82, 2.24) is 0 Å². The lowest BCUT2D eigenvalue weighted by Crippen LogP contribution is -1.96. The molecule has 0 radical (unpaired) electrons. The highest BCUT2D eigenvalue weighted by molar-refractivity contribution is 5.37. The van der Waals surface area contributed by atoms with Crippen molar-refractivity contribution >= 4 is 0 Å². The van der Waals surface area contributed by atoms with Gasteiger partial charge in [-0.25, -0.2) is 0 Å². The van der Waals surface area contributed by atoms with Gasteiger partial charge >= 0.3 is 0 Å². The third-order valence-electron chi connectivity index (χ3n) is 2.18. The van der Waals surface area contributed by atoms with E-state index in [0.717, 1.165) is 12.4 Å². The fourth-order valence-electron chi connectivity index (χ4n) is 1.29. The van der Waals surface area contributed by atoms with E-state index in [-0.39, 0.29) is 0 Å². The molecule has 1 aromatic carbocycles. The van der Waals surface area contributed by atoms with E-state index in [0.29, 0.717) is 5.92 Å². The molecular weight excluding hydrogens is 160 g/mol. The SMILES string of the molecule is CCOc1cc(C(C)C)ccc1C. The second kappa shape index (κ2) is 4.31. The molecule has 1 aromatic rings. The quantitative estimate of drug-likeness (QED) is 0.688. The summed E-state index contributed by atoms with van der Waals surface area (Å²) in [6.07, 6.45) is 0. The number of rotatable bonds is 3. The van der Waals surface area contributed by atoms with Crippen LogP contribution in [-0.2, 0) is 0 Å². The third kappa shape index (κ3) is 2.48. The van der Waals surface area contributed by atoms with Gasteiger partial charge in [0, 0.05) is 0 Å². The predicted octanol–water partition coefficient (Wildman–Crippen LogP) is 3.52. The minimum atomic E-state index is 0.569. The van der Waals surface area contributed by atoms with Gasteiger partial charge < -0.3 is 4.74 Å². The molecule has 0 atom stereocenters. The second-order valence-electron chi connectivity index (χ2n) is 3.61. The van der Waals surface area contributed by atoms with E-state index in [4.69, 9.17) is 4.74 Å². The van der Waals surface area contributed by atoms with Crippen LogP contribution < -0.4 is 4.74 Å². The van der Waals surface area contributed by atoms with E-state index in [1.165, 1.54) is 11.1 Å². The molecule has 0 saturated carbocycles. The maximum absolute atomic E-state index is 5.53. The molecule has 0 amide bonds. The fraction of sp³-hybridized carbons (Fsp3) is 0.500. The van der Waals surface area contributed by atoms with Crippen molar-refractivity contribution in [1.29, 1.82) is 0 Å². The summed E-state index contributed by atoms with van der Waals surface area (Å²) in [5.41, 5.74) is 2.56. The first-order chi connectivity index (χ1) is 6.15. The summed E-state index contributed by atoms with van der Waals surface area (Å²) in [7, 11) is 0. The molecule has 0 aliphatic carbocycles. The van der Waals surface area contributed by atoms with Gasteiger partial charge in [-0.3, -0.25) is 0 Å². The van der Waals surface area contributed by atoms with Gasteiger partial charge in [0.05, 0.1) is 6.61 Å². The molecule has 1 rings (SSSR count). The minimum Gasteiger partial charge on any atom is -0.494 e. The molecule has 72 valence electrons. The Morgan fingerprint density at radius 2 is 2.00 bits per heavy atom. The van der Waals surface area contributed by atoms with Crippen LogP contribution in [0.4, 0.5) is 0 Å². The zero-order valence-corrected chi connectivity index (χ0v) is 8.92. The van der Waals surface area contributed by atoms with Crippen LogP contribution in [-0.4, -0.2) is 6.61 Å². The predicted molar refractivity (Wildman–Crippen MR) is 56.4 cm³/mol. The molecule has 0 aliphatic rings. The van der Waals surface area contributed by atoms with Crippen molar-refractivity contribution in [3.05, 3.63) is 29.3 Å². The molecule has 0 saturated heterocycles. The summed E-state index contributed by atoms with van der Waals surface area (Å²) in [6, 6.07) is 6.44. The van der Waals surface area contributed by atoms with Crippen LogP contribution in [0.15, 0.2) is 18.2 Å². The number of hydrogen-bond acceptors (Lipinski definition) is 1. The molecule has 0 aromatic heterocycles. The Hall–Kier alpha value is -0.980. The van der Waals surface area contributed by atoms with Gasteiger partial charge in [0.2, 0.25) is 0 Å². The number of hydrogen-bond donors (Lipinski definition) is 0. The average Bonchev–Trinajstić information content (AvgIpc) is 2.08. The lowest BCUT2D eigenvalue weighted by molar-refractivity contribution is 0.337. The Morgan fingerprint density at radius 3 is 2.54 bits per heavy atom. The first-order valence-corrected chi connectivity index (χ1v) is 4.88. The first-order valence-electron chi connectivity index (χ1n) is 4.88. The number of benzene rings is 1. The standard InChI is InChI=1S/C12H18O/c1-5-13-12-8-11(9(2)3)7-6-10(12)4/h6-9H,5H2,1-4H3. The van der Waals surface area contributed by atoms with Gasteiger partial charge in [0.15, 0.2) is 0 Å². The van der Waals surface area contributed by atoms with Crippen LogP contribution in [0.25, 0.3) is 0 Å². The van der Waals surface area contributed by atoms with Crippen LogP contribution in [0.1, 0.15) is 37.8 Å². The van der Waals surface area contributed by atoms with E-state index in [9.17, 15) is 0 Å². The lowest BCUT2D eigenvalue weighted by atomic mass is 10.0. The molecule has 1 heteroatoms. The minimum absolute atomic E-state index is 0.569. The lowest BCUT2D eigenvalue weighted by Gasteiger charge is -2.11. The summed E-state index contributed by atoms with van der Waals surface area (Å²) in [4.78, 5) is 0. The van der Waals surface area contributed by atoms with Gasteiger partial charge in [-0.05, 0) is 37.0 Å². The summed E-state index contributed by atoms with van der Waals surface area (Å²) in [5.74, 6) is 1.59. The van der Waals surface area contributed by atoms with Crippen molar-refractivity contribution in [2.45, 2.75) is 33.6 Å². The van der Waals surface area contributed by atoms with Gasteiger partial charge in [-0.1, -0.05) is 26.0 Å². The Morgan fingerprint density at radius 1 is 1.31 bits per heavy atom. The monoisotopic (exact) mass is 178 g/mol. The Labute approximate surface area is 80.7 Å². The van der Waals surface area contributed by atoms with Crippen molar-refractivity contribution < 1.29 is 4.74 Å². The maximum Gasteiger partial charge on any atom is 0.122 e. The number of aryl methyl sites for hydroxylation is 1. The number of ether oxygens (including phenoxy) is 1. The topological polar surface area (TPSA) is 9.23 Å². The highest BCUT2D eigenvalue weighted by Crippen LogP contribution is 2.23. The van der Waals surface area contributed by atoms with Crippen LogP contribution in [0.2, 0.25) is 0 Å². The molecule has 0 N–H and O–H groups in total. The molecule has 1 nitrogen and oxygen atoms in total. The van der Waals surface area contributed by atoms with E-state index in [1.54, 1.807) is 0 Å². The molecule has 0 heterocycles. The Bertz CT molecular complexity index is 276. The molecule has 0 fully saturated rings. The van der Waals surface area contributed by atoms with Gasteiger partial charge in [-0.2, -0.15) is 0 Å². The summed E-state index contributed by atoms with van der Waals surface area (Å²) in [5, 5.41) is 0. The fourth-order valence-corrected chi connectivity index (χ4v) is 1.29. The van der Waals surface area contributed by atoms with Gasteiger partial charge in [-0.15, -0.1) is 0 Å². The smallest absolute Gasteiger partial charge is 0.122 e. The van der Waals surface area contributed by atoms with Crippen molar-refractivity contribution in [3.8, 4) is 5.75 Å². The van der Waals surface area contributed by atoms with Gasteiger partial charge in [0.25, 0.3) is 0 Å². The zero-order chi connectivity index (χ0) is 9.84. The van der Waals surface area contributed by atoms with E-state index in [2.05, 4.69) is 39.0 Å². The highest BCUT2D eigenvalue weighted by Gasteiger charge is 2.03. The average molecular weight is 178 g/mol. The van der Waals surface area contributed by atoms with Crippen LogP contribution in [0, 0.1) is 6.92 Å². The van der Waals surface area contributed by atoms with Crippen LogP contribution in [0.5, 0.6) is 5.75 Å². The van der Waals surface area contributed by atoms with E-state index in [1.807, 2.05) is 6.92 Å². The molecule has 0 bridgehead atoms. The van der Waals surface area contributed by atoms with Crippen molar-refractivity contribution in [3.63, 3.8) is 0 Å². The largest absolute Gasteiger partial charge is 0.494 e. The maximum atomic E-state index is 5.53. The van der Waals surface area contributed by atoms with Crippen molar-refractivity contribution in [2.75, 3.05) is 6.61 Å². The molecule has 0 aliphatic heterocycles. The molecule has 0 spiro atoms. The van der Waals surface area contributed by atoms with Crippen LogP contribution in [0.3, 0.4) is 0 Å². The summed E-state index contributed by atoms with van der Waals surface area (Å²) in [6.45, 7) is 9.22. The Kier molecular flexibility index (Phi) is 3.35. The molecule has 0 unspecified atom stereocenters. The molecule has 13 heavy (non-hydrogen) atoms. The van der Waals surface area contributed by atoms with Gasteiger partial charge in [0.1, 0.15) is 5.75 Å².